The van der Waals surface area contributed by atoms with Crippen molar-refractivity contribution in [3.05, 3.63) is 40.3 Å². The SMILES string of the molecule is Cc1c(C(=O)O)nc2c(F)cccc2c1Cl. The van der Waals surface area contributed by atoms with E-state index in [-0.39, 0.29) is 16.2 Å². The Bertz CT molecular complexity index is 598. The maximum absolute atomic E-state index is 13.4. The van der Waals surface area contributed by atoms with Gasteiger partial charge in [-0.3, -0.25) is 0 Å². The average Bonchev–Trinajstić information content (AvgIpc) is 2.23. The molecule has 1 aromatic heterocycles. The number of halogens is 2. The molecule has 0 saturated carbocycles. The summed E-state index contributed by atoms with van der Waals surface area (Å²) in [4.78, 5) is 14.7. The summed E-state index contributed by atoms with van der Waals surface area (Å²) < 4.78 is 13.4. The number of rotatable bonds is 1. The Labute approximate surface area is 95.5 Å². The molecular weight excluding hydrogens is 233 g/mol. The van der Waals surface area contributed by atoms with Crippen LogP contribution in [0.25, 0.3) is 10.9 Å². The van der Waals surface area contributed by atoms with E-state index in [2.05, 4.69) is 4.98 Å². The molecule has 0 aliphatic rings. The van der Waals surface area contributed by atoms with Crippen LogP contribution in [0.15, 0.2) is 18.2 Å². The van der Waals surface area contributed by atoms with Crippen LogP contribution >= 0.6 is 11.6 Å². The second-order valence-corrected chi connectivity index (χ2v) is 3.72. The number of hydrogen-bond acceptors (Lipinski definition) is 2. The van der Waals surface area contributed by atoms with Gasteiger partial charge < -0.3 is 5.11 Å². The normalized spacial score (nSPS) is 10.7. The molecule has 0 amide bonds. The van der Waals surface area contributed by atoms with Crippen molar-refractivity contribution in [1.29, 1.82) is 0 Å². The fourth-order valence-corrected chi connectivity index (χ4v) is 1.76. The Hall–Kier alpha value is -1.68. The first-order valence-electron chi connectivity index (χ1n) is 4.50. The monoisotopic (exact) mass is 239 g/mol. The van der Waals surface area contributed by atoms with E-state index in [1.54, 1.807) is 13.0 Å². The maximum atomic E-state index is 13.4. The zero-order valence-corrected chi connectivity index (χ0v) is 9.05. The van der Waals surface area contributed by atoms with Gasteiger partial charge in [0, 0.05) is 10.9 Å². The summed E-state index contributed by atoms with van der Waals surface area (Å²) in [7, 11) is 0. The predicted octanol–water partition coefficient (Wildman–Crippen LogP) is 3.03. The number of carbonyl (C=O) groups is 1. The lowest BCUT2D eigenvalue weighted by atomic mass is 10.1. The number of fused-ring (bicyclic) bond motifs is 1. The van der Waals surface area contributed by atoms with Crippen molar-refractivity contribution in [2.45, 2.75) is 6.92 Å². The molecule has 1 N–H and O–H groups in total. The van der Waals surface area contributed by atoms with Gasteiger partial charge in [-0.2, -0.15) is 0 Å². The Morgan fingerprint density at radius 3 is 2.81 bits per heavy atom. The lowest BCUT2D eigenvalue weighted by Gasteiger charge is -2.07. The summed E-state index contributed by atoms with van der Waals surface area (Å²) >= 11 is 5.98. The number of pyridine rings is 1. The van der Waals surface area contributed by atoms with E-state index in [0.29, 0.717) is 10.9 Å². The molecule has 0 fully saturated rings. The van der Waals surface area contributed by atoms with Gasteiger partial charge in [0.25, 0.3) is 0 Å². The number of nitrogens with zero attached hydrogens (tertiary/aromatic N) is 1. The van der Waals surface area contributed by atoms with Crippen LogP contribution in [-0.4, -0.2) is 16.1 Å². The fraction of sp³-hybridized carbons (Fsp3) is 0.0909. The highest BCUT2D eigenvalue weighted by molar-refractivity contribution is 6.36. The summed E-state index contributed by atoms with van der Waals surface area (Å²) in [6, 6.07) is 4.32. The van der Waals surface area contributed by atoms with E-state index in [1.165, 1.54) is 12.1 Å². The minimum absolute atomic E-state index is 0.0181. The van der Waals surface area contributed by atoms with E-state index in [4.69, 9.17) is 16.7 Å². The van der Waals surface area contributed by atoms with Gasteiger partial charge in [-0.25, -0.2) is 14.2 Å². The molecule has 82 valence electrons. The zero-order valence-electron chi connectivity index (χ0n) is 8.29. The van der Waals surface area contributed by atoms with Crippen LogP contribution in [-0.2, 0) is 0 Å². The van der Waals surface area contributed by atoms with Crippen molar-refractivity contribution in [2.24, 2.45) is 0 Å². The minimum Gasteiger partial charge on any atom is -0.477 e. The highest BCUT2D eigenvalue weighted by Crippen LogP contribution is 2.28. The molecule has 0 spiro atoms. The topological polar surface area (TPSA) is 50.2 Å². The third-order valence-corrected chi connectivity index (χ3v) is 2.82. The van der Waals surface area contributed by atoms with Crippen LogP contribution in [0.4, 0.5) is 4.39 Å². The molecule has 1 aromatic carbocycles. The molecule has 0 aliphatic heterocycles. The van der Waals surface area contributed by atoms with Gasteiger partial charge in [0.1, 0.15) is 11.3 Å². The van der Waals surface area contributed by atoms with Crippen molar-refractivity contribution in [3.63, 3.8) is 0 Å². The van der Waals surface area contributed by atoms with E-state index in [1.807, 2.05) is 0 Å². The Morgan fingerprint density at radius 1 is 1.50 bits per heavy atom. The summed E-state index contributed by atoms with van der Waals surface area (Å²) in [5.41, 5.74) is 0.102. The molecule has 0 aliphatic carbocycles. The third kappa shape index (κ3) is 1.51. The van der Waals surface area contributed by atoms with Gasteiger partial charge in [0.05, 0.1) is 5.02 Å². The molecule has 0 bridgehead atoms. The molecule has 0 saturated heterocycles. The number of carboxylic acid groups (broad SMARTS) is 1. The lowest BCUT2D eigenvalue weighted by Crippen LogP contribution is -2.05. The van der Waals surface area contributed by atoms with Gasteiger partial charge in [-0.05, 0) is 13.0 Å². The fourth-order valence-electron chi connectivity index (χ4n) is 1.52. The standard InChI is InChI=1S/C11H7ClFNO2/c1-5-8(12)6-3-2-4-7(13)10(6)14-9(5)11(15)16/h2-4H,1H3,(H,15,16). The smallest absolute Gasteiger partial charge is 0.354 e. The van der Waals surface area contributed by atoms with Gasteiger partial charge in [-0.15, -0.1) is 0 Å². The largest absolute Gasteiger partial charge is 0.477 e. The van der Waals surface area contributed by atoms with Crippen molar-refractivity contribution in [3.8, 4) is 0 Å². The van der Waals surface area contributed by atoms with Gasteiger partial charge in [0.2, 0.25) is 0 Å². The van der Waals surface area contributed by atoms with E-state index < -0.39 is 11.8 Å². The first-order chi connectivity index (χ1) is 7.52. The minimum atomic E-state index is -1.22. The van der Waals surface area contributed by atoms with Crippen molar-refractivity contribution in [1.82, 2.24) is 4.98 Å². The van der Waals surface area contributed by atoms with Crippen LogP contribution in [0.2, 0.25) is 5.02 Å². The number of aromatic carboxylic acids is 1. The van der Waals surface area contributed by atoms with Crippen LogP contribution in [0, 0.1) is 12.7 Å². The number of carboxylic acids is 1. The molecule has 3 nitrogen and oxygen atoms in total. The highest BCUT2D eigenvalue weighted by atomic mass is 35.5. The molecule has 5 heteroatoms. The lowest BCUT2D eigenvalue weighted by molar-refractivity contribution is 0.0690. The molecule has 2 rings (SSSR count). The zero-order chi connectivity index (χ0) is 11.9. The van der Waals surface area contributed by atoms with Crippen LogP contribution in [0.1, 0.15) is 16.1 Å². The predicted molar refractivity (Wildman–Crippen MR) is 58.4 cm³/mol. The van der Waals surface area contributed by atoms with E-state index in [9.17, 15) is 9.18 Å². The summed E-state index contributed by atoms with van der Waals surface area (Å²) in [6.45, 7) is 1.54. The summed E-state index contributed by atoms with van der Waals surface area (Å²) in [5, 5.41) is 9.54. The highest BCUT2D eigenvalue weighted by Gasteiger charge is 2.16. The number of aromatic nitrogens is 1. The summed E-state index contributed by atoms with van der Waals surface area (Å²) in [5.74, 6) is -1.80. The number of para-hydroxylation sites is 1. The molecule has 0 radical (unpaired) electrons. The van der Waals surface area contributed by atoms with Crippen LogP contribution in [0.5, 0.6) is 0 Å². The van der Waals surface area contributed by atoms with Gasteiger partial charge in [0.15, 0.2) is 5.69 Å². The van der Waals surface area contributed by atoms with Gasteiger partial charge in [-0.1, -0.05) is 23.7 Å². The molecule has 1 heterocycles. The second-order valence-electron chi connectivity index (χ2n) is 3.34. The van der Waals surface area contributed by atoms with Crippen LogP contribution < -0.4 is 0 Å². The van der Waals surface area contributed by atoms with Crippen LogP contribution in [0.3, 0.4) is 0 Å². The van der Waals surface area contributed by atoms with Crippen molar-refractivity contribution < 1.29 is 14.3 Å². The molecule has 2 aromatic rings. The molecule has 0 unspecified atom stereocenters. The summed E-state index contributed by atoms with van der Waals surface area (Å²) in [6.07, 6.45) is 0. The first-order valence-corrected chi connectivity index (χ1v) is 4.87. The molecule has 16 heavy (non-hydrogen) atoms. The second kappa shape index (κ2) is 3.72. The van der Waals surface area contributed by atoms with Crippen molar-refractivity contribution >= 4 is 28.5 Å². The third-order valence-electron chi connectivity index (χ3n) is 2.33. The Balaban J connectivity index is 2.94. The molecular formula is C11H7ClFNO2. The Morgan fingerprint density at radius 2 is 2.19 bits per heavy atom. The Kier molecular flexibility index (Phi) is 2.52. The number of benzene rings is 1. The van der Waals surface area contributed by atoms with E-state index >= 15 is 0 Å². The average molecular weight is 240 g/mol. The van der Waals surface area contributed by atoms with Gasteiger partial charge >= 0.3 is 5.97 Å². The number of hydrogen-bond donors (Lipinski definition) is 1. The molecule has 0 atom stereocenters. The maximum Gasteiger partial charge on any atom is 0.354 e. The van der Waals surface area contributed by atoms with E-state index in [0.717, 1.165) is 0 Å². The first kappa shape index (κ1) is 10.8. The van der Waals surface area contributed by atoms with Crippen molar-refractivity contribution in [2.75, 3.05) is 0 Å². The quantitative estimate of drug-likeness (QED) is 0.832.